The number of anilines is 1. The van der Waals surface area contributed by atoms with Gasteiger partial charge in [0.15, 0.2) is 0 Å². The maximum atomic E-state index is 10.8. The molecule has 0 bridgehead atoms. The maximum absolute atomic E-state index is 10.8. The van der Waals surface area contributed by atoms with Gasteiger partial charge in [0.25, 0.3) is 0 Å². The van der Waals surface area contributed by atoms with Gasteiger partial charge in [0, 0.05) is 32.0 Å². The Morgan fingerprint density at radius 2 is 2.24 bits per heavy atom. The van der Waals surface area contributed by atoms with Gasteiger partial charge in [-0.05, 0) is 43.0 Å². The molecule has 2 unspecified atom stereocenters. The number of aliphatic carboxylic acids is 1. The molecule has 0 aromatic heterocycles. The summed E-state index contributed by atoms with van der Waals surface area (Å²) in [4.78, 5) is 13.1. The molecule has 0 amide bonds. The number of rotatable bonds is 4. The number of ether oxygens (including phenoxy) is 1. The van der Waals surface area contributed by atoms with Crippen LogP contribution in [0.15, 0.2) is 24.3 Å². The first-order valence-electron chi connectivity index (χ1n) is 7.30. The van der Waals surface area contributed by atoms with Crippen LogP contribution in [0.25, 0.3) is 6.08 Å². The Morgan fingerprint density at radius 3 is 2.90 bits per heavy atom. The van der Waals surface area contributed by atoms with Crippen molar-refractivity contribution in [3.8, 4) is 0 Å². The predicted molar refractivity (Wildman–Crippen MR) is 84.6 cm³/mol. The zero-order valence-electron chi connectivity index (χ0n) is 12.9. The van der Waals surface area contributed by atoms with Crippen LogP contribution in [-0.4, -0.2) is 37.4 Å². The van der Waals surface area contributed by atoms with Gasteiger partial charge in [-0.2, -0.15) is 0 Å². The molecule has 21 heavy (non-hydrogen) atoms. The van der Waals surface area contributed by atoms with Gasteiger partial charge >= 0.3 is 5.97 Å². The van der Waals surface area contributed by atoms with Crippen molar-refractivity contribution in [2.24, 2.45) is 5.92 Å². The second-order valence-corrected chi connectivity index (χ2v) is 5.72. The first-order valence-corrected chi connectivity index (χ1v) is 7.30. The number of piperidine rings is 1. The van der Waals surface area contributed by atoms with E-state index in [4.69, 9.17) is 9.84 Å². The molecule has 2 rings (SSSR count). The van der Waals surface area contributed by atoms with E-state index in [0.717, 1.165) is 36.3 Å². The van der Waals surface area contributed by atoms with Crippen molar-refractivity contribution in [3.63, 3.8) is 0 Å². The summed E-state index contributed by atoms with van der Waals surface area (Å²) in [5.74, 6) is -0.376. The summed E-state index contributed by atoms with van der Waals surface area (Å²) in [5, 5.41) is 8.84. The SMILES string of the molecule is COC1CN(c2ccc(C)cc2/C=C/C(=O)O)CCC1C. The van der Waals surface area contributed by atoms with Gasteiger partial charge in [-0.25, -0.2) is 4.79 Å². The third-order valence-corrected chi connectivity index (χ3v) is 4.12. The van der Waals surface area contributed by atoms with E-state index in [1.165, 1.54) is 6.08 Å². The number of hydrogen-bond donors (Lipinski definition) is 1. The van der Waals surface area contributed by atoms with Crippen molar-refractivity contribution in [2.75, 3.05) is 25.1 Å². The predicted octanol–water partition coefficient (Wildman–Crippen LogP) is 2.95. The van der Waals surface area contributed by atoms with E-state index in [9.17, 15) is 4.79 Å². The van der Waals surface area contributed by atoms with E-state index in [2.05, 4.69) is 24.0 Å². The highest BCUT2D eigenvalue weighted by Crippen LogP contribution is 2.29. The van der Waals surface area contributed by atoms with Crippen molar-refractivity contribution in [3.05, 3.63) is 35.4 Å². The number of methoxy groups -OCH3 is 1. The Balaban J connectivity index is 2.28. The van der Waals surface area contributed by atoms with Crippen LogP contribution in [0.3, 0.4) is 0 Å². The lowest BCUT2D eigenvalue weighted by Crippen LogP contribution is -2.44. The number of aryl methyl sites for hydroxylation is 1. The molecule has 2 atom stereocenters. The molecule has 1 aromatic carbocycles. The molecule has 1 heterocycles. The third kappa shape index (κ3) is 3.85. The van der Waals surface area contributed by atoms with Crippen LogP contribution in [0, 0.1) is 12.8 Å². The van der Waals surface area contributed by atoms with Crippen molar-refractivity contribution in [1.82, 2.24) is 0 Å². The van der Waals surface area contributed by atoms with Crippen molar-refractivity contribution < 1.29 is 14.6 Å². The Bertz CT molecular complexity index is 539. The second kappa shape index (κ2) is 6.76. The third-order valence-electron chi connectivity index (χ3n) is 4.12. The van der Waals surface area contributed by atoms with E-state index in [1.54, 1.807) is 13.2 Å². The highest BCUT2D eigenvalue weighted by Gasteiger charge is 2.26. The van der Waals surface area contributed by atoms with Crippen LogP contribution in [0.2, 0.25) is 0 Å². The summed E-state index contributed by atoms with van der Waals surface area (Å²) in [6, 6.07) is 6.15. The standard InChI is InChI=1S/C17H23NO3/c1-12-4-6-15(14(10-12)5-7-17(19)20)18-9-8-13(2)16(11-18)21-3/h4-7,10,13,16H,8-9,11H2,1-3H3,(H,19,20)/b7-5+. The molecule has 1 aliphatic rings. The summed E-state index contributed by atoms with van der Waals surface area (Å²) in [6.45, 7) is 6.04. The number of carboxylic acid groups (broad SMARTS) is 1. The van der Waals surface area contributed by atoms with Gasteiger partial charge in [0.2, 0.25) is 0 Å². The quantitative estimate of drug-likeness (QED) is 0.866. The zero-order valence-corrected chi connectivity index (χ0v) is 12.9. The smallest absolute Gasteiger partial charge is 0.328 e. The number of hydrogen-bond acceptors (Lipinski definition) is 3. The van der Waals surface area contributed by atoms with Crippen LogP contribution >= 0.6 is 0 Å². The molecule has 0 spiro atoms. The zero-order chi connectivity index (χ0) is 15.4. The summed E-state index contributed by atoms with van der Waals surface area (Å²) < 4.78 is 5.56. The highest BCUT2D eigenvalue weighted by atomic mass is 16.5. The number of carboxylic acids is 1. The van der Waals surface area contributed by atoms with Gasteiger partial charge in [0.1, 0.15) is 0 Å². The topological polar surface area (TPSA) is 49.8 Å². The molecule has 1 fully saturated rings. The normalized spacial score (nSPS) is 22.7. The fourth-order valence-corrected chi connectivity index (χ4v) is 2.82. The minimum absolute atomic E-state index is 0.219. The lowest BCUT2D eigenvalue weighted by molar-refractivity contribution is -0.131. The van der Waals surface area contributed by atoms with E-state index in [0.29, 0.717) is 5.92 Å². The average Bonchev–Trinajstić information content (AvgIpc) is 2.46. The van der Waals surface area contributed by atoms with E-state index < -0.39 is 5.97 Å². The maximum Gasteiger partial charge on any atom is 0.328 e. The lowest BCUT2D eigenvalue weighted by Gasteiger charge is -2.38. The number of nitrogens with zero attached hydrogens (tertiary/aromatic N) is 1. The fourth-order valence-electron chi connectivity index (χ4n) is 2.82. The van der Waals surface area contributed by atoms with Gasteiger partial charge < -0.3 is 14.7 Å². The van der Waals surface area contributed by atoms with Crippen LogP contribution in [-0.2, 0) is 9.53 Å². The fraction of sp³-hybridized carbons (Fsp3) is 0.471. The first kappa shape index (κ1) is 15.6. The lowest BCUT2D eigenvalue weighted by atomic mass is 9.94. The summed E-state index contributed by atoms with van der Waals surface area (Å²) >= 11 is 0. The highest BCUT2D eigenvalue weighted by molar-refractivity contribution is 5.87. The number of benzene rings is 1. The second-order valence-electron chi connectivity index (χ2n) is 5.72. The molecule has 0 aliphatic carbocycles. The van der Waals surface area contributed by atoms with E-state index in [-0.39, 0.29) is 6.10 Å². The molecule has 1 N–H and O–H groups in total. The molecule has 4 nitrogen and oxygen atoms in total. The Labute approximate surface area is 126 Å². The van der Waals surface area contributed by atoms with Crippen molar-refractivity contribution in [2.45, 2.75) is 26.4 Å². The van der Waals surface area contributed by atoms with Crippen molar-refractivity contribution in [1.29, 1.82) is 0 Å². The molecule has 4 heteroatoms. The molecule has 1 aliphatic heterocycles. The van der Waals surface area contributed by atoms with Gasteiger partial charge in [-0.15, -0.1) is 0 Å². The molecular weight excluding hydrogens is 266 g/mol. The summed E-state index contributed by atoms with van der Waals surface area (Å²) in [5.41, 5.74) is 3.14. The first-order chi connectivity index (χ1) is 10.0. The van der Waals surface area contributed by atoms with Gasteiger partial charge in [-0.1, -0.05) is 18.6 Å². The number of carbonyl (C=O) groups is 1. The monoisotopic (exact) mass is 289 g/mol. The summed E-state index contributed by atoms with van der Waals surface area (Å²) in [6.07, 6.45) is 4.16. The Hall–Kier alpha value is -1.81. The van der Waals surface area contributed by atoms with Crippen LogP contribution in [0.4, 0.5) is 5.69 Å². The van der Waals surface area contributed by atoms with E-state index >= 15 is 0 Å². The van der Waals surface area contributed by atoms with Crippen molar-refractivity contribution >= 4 is 17.7 Å². The largest absolute Gasteiger partial charge is 0.478 e. The average molecular weight is 289 g/mol. The van der Waals surface area contributed by atoms with Crippen LogP contribution in [0.1, 0.15) is 24.5 Å². The van der Waals surface area contributed by atoms with Crippen LogP contribution in [0.5, 0.6) is 0 Å². The molecule has 1 saturated heterocycles. The minimum atomic E-state index is -0.926. The van der Waals surface area contributed by atoms with Crippen LogP contribution < -0.4 is 4.90 Å². The molecular formula is C17H23NO3. The molecule has 0 saturated carbocycles. The molecule has 1 aromatic rings. The molecule has 0 radical (unpaired) electrons. The van der Waals surface area contributed by atoms with Gasteiger partial charge in [0.05, 0.1) is 6.10 Å². The van der Waals surface area contributed by atoms with E-state index in [1.807, 2.05) is 13.0 Å². The van der Waals surface area contributed by atoms with Gasteiger partial charge in [-0.3, -0.25) is 0 Å². The minimum Gasteiger partial charge on any atom is -0.478 e. The molecule has 114 valence electrons. The Morgan fingerprint density at radius 1 is 1.48 bits per heavy atom. The summed E-state index contributed by atoms with van der Waals surface area (Å²) in [7, 11) is 1.76. The Kier molecular flexibility index (Phi) is 5.02.